The molecule has 0 aliphatic carbocycles. The van der Waals surface area contributed by atoms with Crippen LogP contribution in [0.3, 0.4) is 0 Å². The van der Waals surface area contributed by atoms with Crippen LogP contribution in [0.5, 0.6) is 5.75 Å². The van der Waals surface area contributed by atoms with Gasteiger partial charge >= 0.3 is 0 Å². The Morgan fingerprint density at radius 2 is 1.84 bits per heavy atom. The molecule has 0 spiro atoms. The Kier molecular flexibility index (Phi) is 4.76. The molecule has 0 bridgehead atoms. The van der Waals surface area contributed by atoms with Crippen LogP contribution in [-0.4, -0.2) is 12.2 Å². The van der Waals surface area contributed by atoms with Gasteiger partial charge in [-0.2, -0.15) is 0 Å². The molecule has 19 heavy (non-hydrogen) atoms. The fourth-order valence-corrected chi connectivity index (χ4v) is 2.11. The summed E-state index contributed by atoms with van der Waals surface area (Å²) in [5.41, 5.74) is 1.80. The quantitative estimate of drug-likeness (QED) is 0.820. The average Bonchev–Trinajstić information content (AvgIpc) is 2.42. The van der Waals surface area contributed by atoms with Gasteiger partial charge in [0, 0.05) is 16.2 Å². The fraction of sp³-hybridized carbons (Fsp3) is 0.0714. The number of methoxy groups -OCH3 is 1. The highest BCUT2D eigenvalue weighted by Crippen LogP contribution is 2.27. The van der Waals surface area contributed by atoms with Crippen molar-refractivity contribution in [2.24, 2.45) is 0 Å². The molecule has 0 saturated carbocycles. The van der Waals surface area contributed by atoms with Gasteiger partial charge in [0.1, 0.15) is 5.75 Å². The second kappa shape index (κ2) is 6.54. The highest BCUT2D eigenvalue weighted by atomic mass is 79.9. The van der Waals surface area contributed by atoms with E-state index in [-0.39, 0.29) is 0 Å². The van der Waals surface area contributed by atoms with Crippen LogP contribution in [0.25, 0.3) is 0 Å². The van der Waals surface area contributed by atoms with E-state index in [1.165, 1.54) is 0 Å². The maximum absolute atomic E-state index is 5.27. The van der Waals surface area contributed by atoms with Crippen LogP contribution in [0.15, 0.2) is 53.0 Å². The van der Waals surface area contributed by atoms with Gasteiger partial charge in [0.05, 0.1) is 12.8 Å². The molecule has 3 nitrogen and oxygen atoms in total. The summed E-state index contributed by atoms with van der Waals surface area (Å²) < 4.78 is 6.11. The third-order valence-electron chi connectivity index (χ3n) is 2.45. The van der Waals surface area contributed by atoms with Crippen molar-refractivity contribution in [3.8, 4) is 5.75 Å². The molecular weight excluding hydrogens is 324 g/mol. The van der Waals surface area contributed by atoms with Gasteiger partial charge in [-0.1, -0.05) is 18.2 Å². The van der Waals surface area contributed by atoms with Gasteiger partial charge in [-0.15, -0.1) is 0 Å². The highest BCUT2D eigenvalue weighted by molar-refractivity contribution is 9.10. The molecule has 2 N–H and O–H groups in total. The smallest absolute Gasteiger partial charge is 0.175 e. The molecule has 0 radical (unpaired) electrons. The Labute approximate surface area is 126 Å². The van der Waals surface area contributed by atoms with Crippen molar-refractivity contribution in [1.82, 2.24) is 0 Å². The Hall–Kier alpha value is -1.59. The lowest BCUT2D eigenvalue weighted by molar-refractivity contribution is 0.415. The minimum atomic E-state index is 0.528. The fourth-order valence-electron chi connectivity index (χ4n) is 1.53. The van der Waals surface area contributed by atoms with E-state index in [1.807, 2.05) is 48.5 Å². The number of halogens is 1. The maximum atomic E-state index is 5.27. The minimum absolute atomic E-state index is 0.528. The maximum Gasteiger partial charge on any atom is 0.175 e. The van der Waals surface area contributed by atoms with E-state index in [0.717, 1.165) is 21.6 Å². The van der Waals surface area contributed by atoms with E-state index in [1.54, 1.807) is 7.11 Å². The van der Waals surface area contributed by atoms with Gasteiger partial charge in [-0.25, -0.2) is 0 Å². The van der Waals surface area contributed by atoms with Crippen molar-refractivity contribution in [3.05, 3.63) is 53.0 Å². The van der Waals surface area contributed by atoms with Crippen molar-refractivity contribution < 1.29 is 4.74 Å². The number of anilines is 2. The molecule has 0 unspecified atom stereocenters. The lowest BCUT2D eigenvalue weighted by Gasteiger charge is -2.12. The molecule has 0 amide bonds. The van der Waals surface area contributed by atoms with Crippen molar-refractivity contribution in [3.63, 3.8) is 0 Å². The highest BCUT2D eigenvalue weighted by Gasteiger charge is 2.04. The van der Waals surface area contributed by atoms with Gasteiger partial charge in [0.2, 0.25) is 0 Å². The average molecular weight is 337 g/mol. The summed E-state index contributed by atoms with van der Waals surface area (Å²) in [7, 11) is 1.63. The molecule has 5 heteroatoms. The van der Waals surface area contributed by atoms with Gasteiger partial charge in [0.15, 0.2) is 5.11 Å². The lowest BCUT2D eigenvalue weighted by Crippen LogP contribution is -2.19. The monoisotopic (exact) mass is 336 g/mol. The molecule has 0 fully saturated rings. The van der Waals surface area contributed by atoms with Crippen molar-refractivity contribution in [2.75, 3.05) is 17.7 Å². The Morgan fingerprint density at radius 1 is 1.11 bits per heavy atom. The van der Waals surface area contributed by atoms with Gasteiger partial charge in [-0.3, -0.25) is 0 Å². The van der Waals surface area contributed by atoms with E-state index in [9.17, 15) is 0 Å². The number of ether oxygens (including phenoxy) is 1. The topological polar surface area (TPSA) is 33.3 Å². The van der Waals surface area contributed by atoms with Crippen LogP contribution in [0, 0.1) is 0 Å². The minimum Gasteiger partial charge on any atom is -0.497 e. The summed E-state index contributed by atoms with van der Waals surface area (Å²) in [6, 6.07) is 15.4. The Morgan fingerprint density at radius 3 is 2.53 bits per heavy atom. The summed E-state index contributed by atoms with van der Waals surface area (Å²) in [4.78, 5) is 0. The number of nitrogens with one attached hydrogen (secondary N) is 2. The summed E-state index contributed by atoms with van der Waals surface area (Å²) in [6.45, 7) is 0. The third kappa shape index (κ3) is 3.94. The van der Waals surface area contributed by atoms with Gasteiger partial charge < -0.3 is 15.4 Å². The Bertz CT molecular complexity index is 575. The number of thiocarbonyl (C=S) groups is 1. The summed E-state index contributed by atoms with van der Waals surface area (Å²) in [5.74, 6) is 0.771. The molecule has 2 aromatic carbocycles. The van der Waals surface area contributed by atoms with Crippen molar-refractivity contribution >= 4 is 44.6 Å². The molecule has 2 rings (SSSR count). The summed E-state index contributed by atoms with van der Waals surface area (Å²) in [6.07, 6.45) is 0. The SMILES string of the molecule is COc1ccc(Br)c(NC(=S)Nc2ccccc2)c1. The standard InChI is InChI=1S/C14H13BrN2OS/c1-18-11-7-8-12(15)13(9-11)17-14(19)16-10-5-3-2-4-6-10/h2-9H,1H3,(H2,16,17,19). The molecule has 0 aromatic heterocycles. The van der Waals surface area contributed by atoms with E-state index < -0.39 is 0 Å². The Balaban J connectivity index is 2.06. The molecule has 0 saturated heterocycles. The van der Waals surface area contributed by atoms with E-state index in [2.05, 4.69) is 26.6 Å². The van der Waals surface area contributed by atoms with Gasteiger partial charge in [0.25, 0.3) is 0 Å². The van der Waals surface area contributed by atoms with Crippen LogP contribution in [0.4, 0.5) is 11.4 Å². The van der Waals surface area contributed by atoms with Crippen LogP contribution in [0.2, 0.25) is 0 Å². The van der Waals surface area contributed by atoms with Crippen molar-refractivity contribution in [2.45, 2.75) is 0 Å². The third-order valence-corrected chi connectivity index (χ3v) is 3.35. The number of para-hydroxylation sites is 1. The first-order chi connectivity index (χ1) is 9.19. The first kappa shape index (κ1) is 13.8. The molecule has 0 aliphatic rings. The number of rotatable bonds is 3. The molecule has 0 heterocycles. The van der Waals surface area contributed by atoms with Gasteiger partial charge in [-0.05, 0) is 52.4 Å². The predicted molar refractivity (Wildman–Crippen MR) is 87.0 cm³/mol. The summed E-state index contributed by atoms with van der Waals surface area (Å²) in [5, 5.41) is 6.77. The second-order valence-electron chi connectivity index (χ2n) is 3.79. The molecular formula is C14H13BrN2OS. The second-order valence-corrected chi connectivity index (χ2v) is 5.05. The largest absolute Gasteiger partial charge is 0.497 e. The number of hydrogen-bond acceptors (Lipinski definition) is 2. The zero-order valence-corrected chi connectivity index (χ0v) is 12.7. The van der Waals surface area contributed by atoms with E-state index in [0.29, 0.717) is 5.11 Å². The van der Waals surface area contributed by atoms with Crippen LogP contribution >= 0.6 is 28.1 Å². The van der Waals surface area contributed by atoms with Crippen LogP contribution in [-0.2, 0) is 0 Å². The van der Waals surface area contributed by atoms with Crippen LogP contribution < -0.4 is 15.4 Å². The van der Waals surface area contributed by atoms with E-state index >= 15 is 0 Å². The van der Waals surface area contributed by atoms with Crippen molar-refractivity contribution in [1.29, 1.82) is 0 Å². The van der Waals surface area contributed by atoms with Crippen LogP contribution in [0.1, 0.15) is 0 Å². The molecule has 0 aliphatic heterocycles. The number of hydrogen-bond donors (Lipinski definition) is 2. The normalized spacial score (nSPS) is 9.79. The zero-order valence-electron chi connectivity index (χ0n) is 10.3. The first-order valence-electron chi connectivity index (χ1n) is 5.65. The molecule has 2 aromatic rings. The number of benzene rings is 2. The summed E-state index contributed by atoms with van der Waals surface area (Å²) >= 11 is 8.74. The van der Waals surface area contributed by atoms with E-state index in [4.69, 9.17) is 17.0 Å². The lowest BCUT2D eigenvalue weighted by atomic mass is 10.3. The zero-order chi connectivity index (χ0) is 13.7. The first-order valence-corrected chi connectivity index (χ1v) is 6.86. The predicted octanol–water partition coefficient (Wildman–Crippen LogP) is 4.27. The molecule has 0 atom stereocenters. The molecule has 98 valence electrons.